The fourth-order valence-corrected chi connectivity index (χ4v) is 4.58. The summed E-state index contributed by atoms with van der Waals surface area (Å²) in [6.07, 6.45) is 4.64. The van der Waals surface area contributed by atoms with E-state index in [0.717, 1.165) is 33.8 Å². The highest BCUT2D eigenvalue weighted by atomic mass is 32.1. The highest BCUT2D eigenvalue weighted by Gasteiger charge is 2.18. The summed E-state index contributed by atoms with van der Waals surface area (Å²) in [4.78, 5) is 17.2. The van der Waals surface area contributed by atoms with Gasteiger partial charge in [-0.1, -0.05) is 24.2 Å². The number of fused-ring (bicyclic) bond motifs is 1. The van der Waals surface area contributed by atoms with E-state index in [1.165, 1.54) is 24.2 Å². The molecule has 1 amide bonds. The zero-order valence-corrected chi connectivity index (χ0v) is 14.8. The first-order valence-electron chi connectivity index (χ1n) is 8.48. The third kappa shape index (κ3) is 2.73. The van der Waals surface area contributed by atoms with Crippen molar-refractivity contribution >= 4 is 27.5 Å². The van der Waals surface area contributed by atoms with Crippen molar-refractivity contribution in [3.05, 3.63) is 47.3 Å². The lowest BCUT2D eigenvalue weighted by Gasteiger charge is -2.11. The normalized spacial score (nSPS) is 15.2. The monoisotopic (exact) mass is 339 g/mol. The topological polar surface area (TPSA) is 46.9 Å². The predicted octanol–water partition coefficient (Wildman–Crippen LogP) is 4.38. The van der Waals surface area contributed by atoms with Crippen LogP contribution < -0.4 is 5.32 Å². The zero-order valence-electron chi connectivity index (χ0n) is 14.0. The predicted molar refractivity (Wildman–Crippen MR) is 98.1 cm³/mol. The van der Waals surface area contributed by atoms with Crippen LogP contribution in [0.1, 0.15) is 47.4 Å². The third-order valence-electron chi connectivity index (χ3n) is 4.79. The number of nitrogens with zero attached hydrogens (tertiary/aromatic N) is 2. The molecular weight excluding hydrogens is 318 g/mol. The molecule has 0 unspecified atom stereocenters. The highest BCUT2D eigenvalue weighted by Crippen LogP contribution is 2.28. The molecule has 0 bridgehead atoms. The number of rotatable bonds is 3. The van der Waals surface area contributed by atoms with Crippen LogP contribution in [0.25, 0.3) is 15.3 Å². The molecule has 24 heavy (non-hydrogen) atoms. The summed E-state index contributed by atoms with van der Waals surface area (Å²) >= 11 is 1.63. The molecule has 0 atom stereocenters. The van der Waals surface area contributed by atoms with Crippen LogP contribution in [-0.2, 0) is 0 Å². The third-order valence-corrected chi connectivity index (χ3v) is 5.80. The van der Waals surface area contributed by atoms with Gasteiger partial charge in [-0.05, 0) is 57.0 Å². The summed E-state index contributed by atoms with van der Waals surface area (Å²) in [6, 6.07) is 10.3. The second kappa shape index (κ2) is 6.06. The molecule has 5 heteroatoms. The average Bonchev–Trinajstić information content (AvgIpc) is 3.27. The summed E-state index contributed by atoms with van der Waals surface area (Å²) in [5.74, 6) is 0.0343. The lowest BCUT2D eigenvalue weighted by atomic mass is 10.1. The molecule has 2 heterocycles. The molecule has 1 aliphatic carbocycles. The molecule has 1 aliphatic rings. The molecule has 0 saturated heterocycles. The minimum Gasteiger partial charge on any atom is -0.349 e. The van der Waals surface area contributed by atoms with Gasteiger partial charge in [-0.3, -0.25) is 9.36 Å². The number of amides is 1. The summed E-state index contributed by atoms with van der Waals surface area (Å²) < 4.78 is 3.21. The summed E-state index contributed by atoms with van der Waals surface area (Å²) in [6.45, 7) is 4.17. The van der Waals surface area contributed by atoms with Gasteiger partial charge in [0.2, 0.25) is 0 Å². The molecule has 1 saturated carbocycles. The molecule has 1 N–H and O–H groups in total. The van der Waals surface area contributed by atoms with Crippen molar-refractivity contribution in [3.8, 4) is 5.13 Å². The standard InChI is InChI=1S/C19H21N3OS/c1-12-7-8-13(2)22(12)19-21-16-10-9-14(11-17(16)24-19)18(23)20-15-5-3-4-6-15/h7-11,15H,3-6H2,1-2H3,(H,20,23). The van der Waals surface area contributed by atoms with E-state index in [4.69, 9.17) is 4.98 Å². The fourth-order valence-electron chi connectivity index (χ4n) is 3.46. The van der Waals surface area contributed by atoms with Crippen molar-refractivity contribution < 1.29 is 4.79 Å². The van der Waals surface area contributed by atoms with Crippen molar-refractivity contribution in [2.45, 2.75) is 45.6 Å². The Balaban J connectivity index is 1.65. The van der Waals surface area contributed by atoms with Gasteiger partial charge in [-0.2, -0.15) is 0 Å². The summed E-state index contributed by atoms with van der Waals surface area (Å²) in [7, 11) is 0. The van der Waals surface area contributed by atoms with E-state index >= 15 is 0 Å². The van der Waals surface area contributed by atoms with Crippen molar-refractivity contribution in [3.63, 3.8) is 0 Å². The number of aryl methyl sites for hydroxylation is 2. The fraction of sp³-hybridized carbons (Fsp3) is 0.368. The first kappa shape index (κ1) is 15.4. The Bertz CT molecular complexity index is 883. The second-order valence-corrected chi connectivity index (χ2v) is 7.59. The van der Waals surface area contributed by atoms with Gasteiger partial charge in [0.05, 0.1) is 10.2 Å². The second-order valence-electron chi connectivity index (χ2n) is 6.59. The molecular formula is C19H21N3OS. The number of carbonyl (C=O) groups is 1. The van der Waals surface area contributed by atoms with Gasteiger partial charge in [-0.15, -0.1) is 0 Å². The molecule has 1 aromatic carbocycles. The van der Waals surface area contributed by atoms with Gasteiger partial charge in [0.25, 0.3) is 5.91 Å². The van der Waals surface area contributed by atoms with Crippen LogP contribution in [-0.4, -0.2) is 21.5 Å². The maximum Gasteiger partial charge on any atom is 0.251 e. The average molecular weight is 339 g/mol. The van der Waals surface area contributed by atoms with Crippen molar-refractivity contribution in [1.29, 1.82) is 0 Å². The first-order valence-corrected chi connectivity index (χ1v) is 9.30. The number of hydrogen-bond acceptors (Lipinski definition) is 3. The molecule has 1 fully saturated rings. The largest absolute Gasteiger partial charge is 0.349 e. The van der Waals surface area contributed by atoms with Crippen LogP contribution in [0.2, 0.25) is 0 Å². The summed E-state index contributed by atoms with van der Waals surface area (Å²) in [5, 5.41) is 4.11. The van der Waals surface area contributed by atoms with Crippen LogP contribution in [0.3, 0.4) is 0 Å². The number of benzene rings is 1. The molecule has 124 valence electrons. The Hall–Kier alpha value is -2.14. The first-order chi connectivity index (χ1) is 11.6. The molecule has 3 aromatic rings. The van der Waals surface area contributed by atoms with Gasteiger partial charge >= 0.3 is 0 Å². The van der Waals surface area contributed by atoms with E-state index < -0.39 is 0 Å². The van der Waals surface area contributed by atoms with E-state index in [1.807, 2.05) is 18.2 Å². The van der Waals surface area contributed by atoms with Gasteiger partial charge in [-0.25, -0.2) is 4.98 Å². The van der Waals surface area contributed by atoms with Crippen molar-refractivity contribution in [1.82, 2.24) is 14.9 Å². The van der Waals surface area contributed by atoms with E-state index in [0.29, 0.717) is 6.04 Å². The minimum atomic E-state index is 0.0343. The van der Waals surface area contributed by atoms with E-state index in [1.54, 1.807) is 11.3 Å². The Morgan fingerprint density at radius 2 is 1.88 bits per heavy atom. The van der Waals surface area contributed by atoms with Crippen LogP contribution in [0.15, 0.2) is 30.3 Å². The molecule has 0 aliphatic heterocycles. The number of carbonyl (C=O) groups excluding carboxylic acids is 1. The van der Waals surface area contributed by atoms with Crippen LogP contribution in [0.5, 0.6) is 0 Å². The summed E-state index contributed by atoms with van der Waals surface area (Å²) in [5.41, 5.74) is 4.02. The minimum absolute atomic E-state index is 0.0343. The van der Waals surface area contributed by atoms with E-state index in [9.17, 15) is 4.79 Å². The van der Waals surface area contributed by atoms with E-state index in [-0.39, 0.29) is 5.91 Å². The Kier molecular flexibility index (Phi) is 3.88. The smallest absolute Gasteiger partial charge is 0.251 e. The Morgan fingerprint density at radius 1 is 1.17 bits per heavy atom. The van der Waals surface area contributed by atoms with Gasteiger partial charge in [0.1, 0.15) is 0 Å². The van der Waals surface area contributed by atoms with E-state index in [2.05, 4.69) is 35.9 Å². The maximum absolute atomic E-state index is 12.5. The lowest BCUT2D eigenvalue weighted by Crippen LogP contribution is -2.32. The molecule has 4 nitrogen and oxygen atoms in total. The van der Waals surface area contributed by atoms with Gasteiger partial charge < -0.3 is 5.32 Å². The Morgan fingerprint density at radius 3 is 2.58 bits per heavy atom. The zero-order chi connectivity index (χ0) is 16.7. The van der Waals surface area contributed by atoms with Crippen molar-refractivity contribution in [2.75, 3.05) is 0 Å². The SMILES string of the molecule is Cc1ccc(C)n1-c1nc2ccc(C(=O)NC3CCCC3)cc2s1. The number of thiazole rings is 1. The molecule has 4 rings (SSSR count). The van der Waals surface area contributed by atoms with Crippen LogP contribution >= 0.6 is 11.3 Å². The highest BCUT2D eigenvalue weighted by molar-refractivity contribution is 7.20. The molecule has 2 aromatic heterocycles. The quantitative estimate of drug-likeness (QED) is 0.770. The number of hydrogen-bond donors (Lipinski definition) is 1. The van der Waals surface area contributed by atoms with Gasteiger partial charge in [0.15, 0.2) is 5.13 Å². The lowest BCUT2D eigenvalue weighted by molar-refractivity contribution is 0.0938. The van der Waals surface area contributed by atoms with Gasteiger partial charge in [0, 0.05) is 23.0 Å². The van der Waals surface area contributed by atoms with Crippen LogP contribution in [0, 0.1) is 13.8 Å². The maximum atomic E-state index is 12.5. The number of aromatic nitrogens is 2. The van der Waals surface area contributed by atoms with Crippen LogP contribution in [0.4, 0.5) is 0 Å². The molecule has 0 radical (unpaired) electrons. The Labute approximate surface area is 145 Å². The molecule has 0 spiro atoms. The van der Waals surface area contributed by atoms with Crippen molar-refractivity contribution in [2.24, 2.45) is 0 Å². The number of nitrogens with one attached hydrogen (secondary N) is 1.